The van der Waals surface area contributed by atoms with E-state index >= 15 is 0 Å². The molecule has 1 amide bonds. The van der Waals surface area contributed by atoms with Gasteiger partial charge in [-0.1, -0.05) is 57.5 Å². The minimum atomic E-state index is -0.0437. The largest absolute Gasteiger partial charge is 0.355 e. The van der Waals surface area contributed by atoms with Crippen LogP contribution in [0.4, 0.5) is 0 Å². The fourth-order valence-electron chi connectivity index (χ4n) is 3.05. The third-order valence-electron chi connectivity index (χ3n) is 4.50. The Hall–Kier alpha value is -2.35. The molecule has 0 aliphatic heterocycles. The van der Waals surface area contributed by atoms with Crippen LogP contribution in [-0.4, -0.2) is 37.4 Å². The van der Waals surface area contributed by atoms with E-state index in [0.717, 1.165) is 24.8 Å². The van der Waals surface area contributed by atoms with E-state index in [9.17, 15) is 9.59 Å². The summed E-state index contributed by atoms with van der Waals surface area (Å²) in [6.07, 6.45) is 3.05. The number of fused-ring (bicyclic) bond motifs is 3. The summed E-state index contributed by atoms with van der Waals surface area (Å²) < 4.78 is 3.59. The van der Waals surface area contributed by atoms with Crippen molar-refractivity contribution in [2.24, 2.45) is 5.92 Å². The number of unbranched alkanes of at least 4 members (excludes halogenated alkanes) is 2. The topological polar surface area (TPSA) is 81.3 Å². The van der Waals surface area contributed by atoms with E-state index < -0.39 is 0 Å². The average Bonchev–Trinajstić information content (AvgIpc) is 3.11. The zero-order valence-corrected chi connectivity index (χ0v) is 17.5. The Morgan fingerprint density at radius 2 is 2.00 bits per heavy atom. The number of para-hydroxylation sites is 1. The first kappa shape index (κ1) is 20.4. The highest BCUT2D eigenvalue weighted by Crippen LogP contribution is 2.21. The molecule has 0 aliphatic rings. The van der Waals surface area contributed by atoms with E-state index in [1.807, 2.05) is 28.7 Å². The number of amides is 1. The molecule has 3 rings (SSSR count). The molecule has 8 heteroatoms. The zero-order valence-electron chi connectivity index (χ0n) is 16.6. The maximum Gasteiger partial charge on any atom is 0.262 e. The maximum atomic E-state index is 13.0. The van der Waals surface area contributed by atoms with Crippen LogP contribution in [0.5, 0.6) is 0 Å². The summed E-state index contributed by atoms with van der Waals surface area (Å²) in [6.45, 7) is 7.51. The first-order valence-electron chi connectivity index (χ1n) is 9.79. The Labute approximate surface area is 168 Å². The highest BCUT2D eigenvalue weighted by molar-refractivity contribution is 7.99. The molecular formula is C20H27N5O2S. The van der Waals surface area contributed by atoms with E-state index in [0.29, 0.717) is 35.3 Å². The Bertz CT molecular complexity index is 1020. The zero-order chi connectivity index (χ0) is 20.1. The number of carbonyl (C=O) groups is 1. The van der Waals surface area contributed by atoms with Crippen LogP contribution in [0.2, 0.25) is 0 Å². The SMILES string of the molecule is CCCCCn1c(=O)c2ccccc2n2c(SCC(=O)NCC(C)C)nnc12. The second kappa shape index (κ2) is 9.23. The maximum absolute atomic E-state index is 13.0. The van der Waals surface area contributed by atoms with Gasteiger partial charge in [0.25, 0.3) is 5.56 Å². The van der Waals surface area contributed by atoms with Crippen molar-refractivity contribution in [1.29, 1.82) is 0 Å². The molecule has 7 nitrogen and oxygen atoms in total. The standard InChI is InChI=1S/C20H27N5O2S/c1-4-5-8-11-24-18(27)15-9-6-7-10-16(15)25-19(24)22-23-20(25)28-13-17(26)21-12-14(2)3/h6-7,9-10,14H,4-5,8,11-13H2,1-3H3,(H,21,26). The fraction of sp³-hybridized carbons (Fsp3) is 0.500. The van der Waals surface area contributed by atoms with Crippen molar-refractivity contribution < 1.29 is 4.79 Å². The number of carbonyl (C=O) groups excluding carboxylic acids is 1. The smallest absolute Gasteiger partial charge is 0.262 e. The van der Waals surface area contributed by atoms with Crippen LogP contribution in [0.15, 0.2) is 34.2 Å². The van der Waals surface area contributed by atoms with Gasteiger partial charge in [-0.25, -0.2) is 0 Å². The quantitative estimate of drug-likeness (QED) is 0.440. The van der Waals surface area contributed by atoms with Gasteiger partial charge in [0.15, 0.2) is 5.16 Å². The number of hydrogen-bond donors (Lipinski definition) is 1. The van der Waals surface area contributed by atoms with Gasteiger partial charge in [0.2, 0.25) is 11.7 Å². The predicted molar refractivity (Wildman–Crippen MR) is 113 cm³/mol. The second-order valence-electron chi connectivity index (χ2n) is 7.29. The second-order valence-corrected chi connectivity index (χ2v) is 8.23. The Morgan fingerprint density at radius 1 is 1.21 bits per heavy atom. The number of hydrogen-bond acceptors (Lipinski definition) is 5. The van der Waals surface area contributed by atoms with Gasteiger partial charge >= 0.3 is 0 Å². The van der Waals surface area contributed by atoms with E-state index in [1.165, 1.54) is 11.8 Å². The van der Waals surface area contributed by atoms with Crippen molar-refractivity contribution in [2.45, 2.75) is 51.7 Å². The first-order chi connectivity index (χ1) is 13.5. The highest BCUT2D eigenvalue weighted by atomic mass is 32.2. The molecule has 0 spiro atoms. The number of thioether (sulfide) groups is 1. The van der Waals surface area contributed by atoms with Crippen LogP contribution in [0.3, 0.4) is 0 Å². The molecule has 1 aromatic carbocycles. The predicted octanol–water partition coefficient (Wildman–Crippen LogP) is 3.10. The number of nitrogens with zero attached hydrogens (tertiary/aromatic N) is 4. The van der Waals surface area contributed by atoms with Crippen molar-refractivity contribution in [3.63, 3.8) is 0 Å². The third-order valence-corrected chi connectivity index (χ3v) is 5.43. The lowest BCUT2D eigenvalue weighted by Crippen LogP contribution is -2.28. The molecule has 0 radical (unpaired) electrons. The summed E-state index contributed by atoms with van der Waals surface area (Å²) >= 11 is 1.34. The van der Waals surface area contributed by atoms with E-state index in [-0.39, 0.29) is 17.2 Å². The molecule has 0 saturated carbocycles. The summed E-state index contributed by atoms with van der Waals surface area (Å²) in [5.74, 6) is 1.17. The number of aryl methyl sites for hydroxylation is 1. The molecule has 150 valence electrons. The summed E-state index contributed by atoms with van der Waals surface area (Å²) in [4.78, 5) is 25.1. The van der Waals surface area contributed by atoms with Gasteiger partial charge in [-0.2, -0.15) is 0 Å². The normalized spacial score (nSPS) is 11.6. The van der Waals surface area contributed by atoms with Gasteiger partial charge in [0, 0.05) is 13.1 Å². The van der Waals surface area contributed by atoms with Crippen molar-refractivity contribution in [3.05, 3.63) is 34.6 Å². The van der Waals surface area contributed by atoms with E-state index in [1.54, 1.807) is 4.57 Å². The van der Waals surface area contributed by atoms with Crippen LogP contribution in [0, 0.1) is 5.92 Å². The molecule has 0 atom stereocenters. The summed E-state index contributed by atoms with van der Waals surface area (Å²) in [5, 5.41) is 12.7. The van der Waals surface area contributed by atoms with E-state index in [2.05, 4.69) is 36.3 Å². The summed E-state index contributed by atoms with van der Waals surface area (Å²) in [7, 11) is 0. The van der Waals surface area contributed by atoms with Crippen molar-refractivity contribution >= 4 is 34.3 Å². The van der Waals surface area contributed by atoms with Gasteiger partial charge in [0.05, 0.1) is 16.7 Å². The monoisotopic (exact) mass is 401 g/mol. The number of nitrogens with one attached hydrogen (secondary N) is 1. The van der Waals surface area contributed by atoms with Crippen molar-refractivity contribution in [2.75, 3.05) is 12.3 Å². The Kier molecular flexibility index (Phi) is 6.72. The number of aromatic nitrogens is 4. The van der Waals surface area contributed by atoms with Gasteiger partial charge in [-0.3, -0.25) is 18.6 Å². The molecule has 28 heavy (non-hydrogen) atoms. The molecule has 2 heterocycles. The number of benzene rings is 1. The summed E-state index contributed by atoms with van der Waals surface area (Å²) in [6, 6.07) is 7.48. The lowest BCUT2D eigenvalue weighted by atomic mass is 10.2. The van der Waals surface area contributed by atoms with Crippen LogP contribution in [-0.2, 0) is 11.3 Å². The molecule has 1 N–H and O–H groups in total. The molecule has 0 unspecified atom stereocenters. The highest BCUT2D eigenvalue weighted by Gasteiger charge is 2.17. The minimum absolute atomic E-state index is 0.0315. The number of rotatable bonds is 9. The van der Waals surface area contributed by atoms with Gasteiger partial charge < -0.3 is 5.32 Å². The van der Waals surface area contributed by atoms with Crippen molar-refractivity contribution in [1.82, 2.24) is 24.5 Å². The molecule has 0 saturated heterocycles. The average molecular weight is 402 g/mol. The van der Waals surface area contributed by atoms with Crippen LogP contribution >= 0.6 is 11.8 Å². The molecule has 0 aliphatic carbocycles. The lowest BCUT2D eigenvalue weighted by Gasteiger charge is -2.11. The van der Waals surface area contributed by atoms with Crippen LogP contribution < -0.4 is 10.9 Å². The van der Waals surface area contributed by atoms with E-state index in [4.69, 9.17) is 0 Å². The van der Waals surface area contributed by atoms with Crippen LogP contribution in [0.1, 0.15) is 40.0 Å². The lowest BCUT2D eigenvalue weighted by molar-refractivity contribution is -0.118. The minimum Gasteiger partial charge on any atom is -0.355 e. The molecular weight excluding hydrogens is 374 g/mol. The van der Waals surface area contributed by atoms with Gasteiger partial charge in [-0.05, 0) is 24.5 Å². The van der Waals surface area contributed by atoms with Gasteiger partial charge in [-0.15, -0.1) is 10.2 Å². The summed E-state index contributed by atoms with van der Waals surface area (Å²) in [5.41, 5.74) is 0.724. The fourth-order valence-corrected chi connectivity index (χ4v) is 3.82. The van der Waals surface area contributed by atoms with Crippen molar-refractivity contribution in [3.8, 4) is 0 Å². The molecule has 0 fully saturated rings. The van der Waals surface area contributed by atoms with Gasteiger partial charge in [0.1, 0.15) is 0 Å². The first-order valence-corrected chi connectivity index (χ1v) is 10.8. The Morgan fingerprint density at radius 3 is 2.75 bits per heavy atom. The molecule has 2 aromatic heterocycles. The third kappa shape index (κ3) is 4.38. The van der Waals surface area contributed by atoms with Crippen LogP contribution in [0.25, 0.3) is 16.7 Å². The molecule has 0 bridgehead atoms. The Balaban J connectivity index is 1.97. The molecule has 3 aromatic rings.